The van der Waals surface area contributed by atoms with Gasteiger partial charge in [-0.15, -0.1) is 0 Å². The van der Waals surface area contributed by atoms with E-state index in [9.17, 15) is 9.59 Å². The molecule has 0 aliphatic carbocycles. The van der Waals surface area contributed by atoms with E-state index in [1.54, 1.807) is 48.5 Å². The second-order valence-electron chi connectivity index (χ2n) is 4.81. The van der Waals surface area contributed by atoms with Gasteiger partial charge in [-0.05, 0) is 30.7 Å². The van der Waals surface area contributed by atoms with Crippen LogP contribution in [0.2, 0.25) is 0 Å². The Bertz CT molecular complexity index is 651. The molecule has 0 aromatic heterocycles. The highest BCUT2D eigenvalue weighted by Gasteiger charge is 2.16. The summed E-state index contributed by atoms with van der Waals surface area (Å²) in [4.78, 5) is 33.7. The Hall–Kier alpha value is -2.82. The Morgan fingerprint density at radius 1 is 0.913 bits per heavy atom. The van der Waals surface area contributed by atoms with Gasteiger partial charge in [-0.1, -0.05) is 43.7 Å². The minimum absolute atomic E-state index is 0.137. The monoisotopic (exact) mass is 314 g/mol. The lowest BCUT2D eigenvalue weighted by Gasteiger charge is -2.09. The van der Waals surface area contributed by atoms with Crippen molar-refractivity contribution in [1.29, 1.82) is 0 Å². The van der Waals surface area contributed by atoms with E-state index in [4.69, 9.17) is 14.5 Å². The van der Waals surface area contributed by atoms with E-state index in [0.717, 1.165) is 12.8 Å². The predicted molar refractivity (Wildman–Crippen MR) is 84.1 cm³/mol. The lowest BCUT2D eigenvalue weighted by molar-refractivity contribution is -0.150. The zero-order valence-corrected chi connectivity index (χ0v) is 12.9. The maximum atomic E-state index is 12.0. The van der Waals surface area contributed by atoms with E-state index >= 15 is 0 Å². The molecule has 0 saturated carbocycles. The van der Waals surface area contributed by atoms with Crippen molar-refractivity contribution >= 4 is 11.9 Å². The quantitative estimate of drug-likeness (QED) is 0.337. The van der Waals surface area contributed by atoms with E-state index in [1.165, 1.54) is 6.07 Å². The molecule has 0 radical (unpaired) electrons. The van der Waals surface area contributed by atoms with E-state index in [1.807, 2.05) is 6.92 Å². The number of ether oxygens (including phenoxy) is 1. The third-order valence-corrected chi connectivity index (χ3v) is 3.05. The molecule has 0 atom stereocenters. The number of hydrogen-bond acceptors (Lipinski definition) is 5. The fraction of sp³-hybridized carbons (Fsp3) is 0.222. The first-order valence-electron chi connectivity index (χ1n) is 7.42. The summed E-state index contributed by atoms with van der Waals surface area (Å²) in [6.07, 6.45) is 1.72. The van der Waals surface area contributed by atoms with Crippen LogP contribution in [0, 0.1) is 0 Å². The number of para-hydroxylation sites is 1. The fourth-order valence-corrected chi connectivity index (χ4v) is 1.80. The molecule has 0 unspecified atom stereocenters. The van der Waals surface area contributed by atoms with Gasteiger partial charge in [-0.3, -0.25) is 4.89 Å². The van der Waals surface area contributed by atoms with E-state index < -0.39 is 11.9 Å². The molecular weight excluding hydrogens is 296 g/mol. The van der Waals surface area contributed by atoms with Crippen LogP contribution in [0.3, 0.4) is 0 Å². The normalized spacial score (nSPS) is 9.96. The molecule has 0 fully saturated rings. The average molecular weight is 314 g/mol. The third-order valence-electron chi connectivity index (χ3n) is 3.05. The lowest BCUT2D eigenvalue weighted by atomic mass is 10.2. The molecule has 0 saturated heterocycles. The molecule has 120 valence electrons. The molecule has 5 heteroatoms. The van der Waals surface area contributed by atoms with Gasteiger partial charge in [0.1, 0.15) is 5.56 Å². The van der Waals surface area contributed by atoms with E-state index in [-0.39, 0.29) is 11.3 Å². The lowest BCUT2D eigenvalue weighted by Crippen LogP contribution is -2.12. The molecule has 0 spiro atoms. The van der Waals surface area contributed by atoms with Crippen LogP contribution in [-0.2, 0) is 9.62 Å². The van der Waals surface area contributed by atoms with Crippen LogP contribution < -0.4 is 4.89 Å². The molecule has 0 heterocycles. The molecule has 0 aliphatic heterocycles. The van der Waals surface area contributed by atoms with Gasteiger partial charge in [-0.25, -0.2) is 14.5 Å². The Kier molecular flexibility index (Phi) is 6.17. The minimum atomic E-state index is -0.639. The first kappa shape index (κ1) is 16.5. The van der Waals surface area contributed by atoms with Gasteiger partial charge in [0.25, 0.3) is 0 Å². The van der Waals surface area contributed by atoms with Crippen molar-refractivity contribution in [2.75, 3.05) is 6.61 Å². The molecular formula is C18H18O5. The minimum Gasteiger partial charge on any atom is -0.462 e. The summed E-state index contributed by atoms with van der Waals surface area (Å²) in [7, 11) is 0. The Morgan fingerprint density at radius 2 is 1.61 bits per heavy atom. The molecule has 5 nitrogen and oxygen atoms in total. The van der Waals surface area contributed by atoms with Crippen LogP contribution in [0.1, 0.15) is 40.5 Å². The van der Waals surface area contributed by atoms with E-state index in [2.05, 4.69) is 0 Å². The maximum Gasteiger partial charge on any atom is 0.386 e. The van der Waals surface area contributed by atoms with Crippen LogP contribution in [0.5, 0.6) is 5.75 Å². The fourth-order valence-electron chi connectivity index (χ4n) is 1.80. The maximum absolute atomic E-state index is 12.0. The van der Waals surface area contributed by atoms with Crippen molar-refractivity contribution in [3.63, 3.8) is 0 Å². The zero-order chi connectivity index (χ0) is 16.5. The van der Waals surface area contributed by atoms with Crippen LogP contribution in [0.4, 0.5) is 0 Å². The van der Waals surface area contributed by atoms with Gasteiger partial charge >= 0.3 is 11.9 Å². The summed E-state index contributed by atoms with van der Waals surface area (Å²) in [5.74, 6) is -1.01. The number of esters is 1. The first-order chi connectivity index (χ1) is 11.2. The van der Waals surface area contributed by atoms with Crippen LogP contribution >= 0.6 is 0 Å². The molecule has 2 rings (SSSR count). The number of unbranched alkanes of at least 4 members (excludes halogenated alkanes) is 1. The summed E-state index contributed by atoms with van der Waals surface area (Å²) >= 11 is 0. The van der Waals surface area contributed by atoms with Crippen molar-refractivity contribution in [3.05, 3.63) is 65.7 Å². The molecule has 2 aromatic carbocycles. The summed E-state index contributed by atoms with van der Waals surface area (Å²) in [6, 6.07) is 14.9. The second kappa shape index (κ2) is 8.58. The zero-order valence-electron chi connectivity index (χ0n) is 12.9. The highest BCUT2D eigenvalue weighted by molar-refractivity contribution is 5.92. The van der Waals surface area contributed by atoms with Gasteiger partial charge in [0, 0.05) is 0 Å². The third kappa shape index (κ3) is 4.85. The molecule has 0 aliphatic rings. The smallest absolute Gasteiger partial charge is 0.386 e. The van der Waals surface area contributed by atoms with Gasteiger partial charge in [0.15, 0.2) is 5.75 Å². The van der Waals surface area contributed by atoms with Gasteiger partial charge in [-0.2, -0.15) is 0 Å². The number of carbonyl (C=O) groups is 2. The highest BCUT2D eigenvalue weighted by atomic mass is 17.2. The number of hydrogen-bond donors (Lipinski definition) is 0. The van der Waals surface area contributed by atoms with Gasteiger partial charge < -0.3 is 4.74 Å². The Morgan fingerprint density at radius 3 is 2.35 bits per heavy atom. The number of benzene rings is 2. The topological polar surface area (TPSA) is 61.8 Å². The highest BCUT2D eigenvalue weighted by Crippen LogP contribution is 2.20. The molecule has 2 aromatic rings. The van der Waals surface area contributed by atoms with Crippen molar-refractivity contribution in [2.45, 2.75) is 19.8 Å². The SMILES string of the molecule is CCCCOC(=O)c1ccccc1OOC(=O)c1ccccc1. The molecule has 0 amide bonds. The number of carbonyl (C=O) groups excluding carboxylic acids is 2. The first-order valence-corrected chi connectivity index (χ1v) is 7.42. The van der Waals surface area contributed by atoms with Crippen LogP contribution in [0.25, 0.3) is 0 Å². The number of rotatable bonds is 7. The summed E-state index contributed by atoms with van der Waals surface area (Å²) in [5.41, 5.74) is 0.569. The Balaban J connectivity index is 2.00. The van der Waals surface area contributed by atoms with Gasteiger partial charge in [0.05, 0.1) is 12.2 Å². The van der Waals surface area contributed by atoms with Crippen molar-refractivity contribution in [1.82, 2.24) is 0 Å². The van der Waals surface area contributed by atoms with Crippen molar-refractivity contribution in [3.8, 4) is 5.75 Å². The standard InChI is InChI=1S/C18H18O5/c1-2-3-13-21-18(20)15-11-7-8-12-16(15)22-23-17(19)14-9-5-4-6-10-14/h4-12H,2-3,13H2,1H3. The average Bonchev–Trinajstić information content (AvgIpc) is 2.60. The van der Waals surface area contributed by atoms with Crippen LogP contribution in [0.15, 0.2) is 54.6 Å². The van der Waals surface area contributed by atoms with Crippen molar-refractivity contribution < 1.29 is 24.1 Å². The van der Waals surface area contributed by atoms with Gasteiger partial charge in [0.2, 0.25) is 0 Å². The van der Waals surface area contributed by atoms with Crippen molar-refractivity contribution in [2.24, 2.45) is 0 Å². The van der Waals surface area contributed by atoms with Crippen LogP contribution in [-0.4, -0.2) is 18.5 Å². The molecule has 23 heavy (non-hydrogen) atoms. The molecule has 0 bridgehead atoms. The summed E-state index contributed by atoms with van der Waals surface area (Å²) in [6.45, 7) is 2.35. The second-order valence-corrected chi connectivity index (χ2v) is 4.81. The summed E-state index contributed by atoms with van der Waals surface area (Å²) < 4.78 is 5.14. The largest absolute Gasteiger partial charge is 0.462 e. The summed E-state index contributed by atoms with van der Waals surface area (Å²) in [5, 5.41) is 0. The Labute approximate surface area is 134 Å². The predicted octanol–water partition coefficient (Wildman–Crippen LogP) is 3.79. The van der Waals surface area contributed by atoms with E-state index in [0.29, 0.717) is 12.2 Å². The molecule has 0 N–H and O–H groups in total.